The summed E-state index contributed by atoms with van der Waals surface area (Å²) >= 11 is 6.06. The quantitative estimate of drug-likeness (QED) is 0.786. The Bertz CT molecular complexity index is 554. The first-order valence-electron chi connectivity index (χ1n) is 7.69. The van der Waals surface area contributed by atoms with Crippen LogP contribution in [0, 0.1) is 0 Å². The highest BCUT2D eigenvalue weighted by molar-refractivity contribution is 6.31. The zero-order valence-electron chi connectivity index (χ0n) is 13.7. The van der Waals surface area contributed by atoms with Crippen molar-refractivity contribution in [2.45, 2.75) is 32.4 Å². The van der Waals surface area contributed by atoms with E-state index in [4.69, 9.17) is 16.3 Å². The van der Waals surface area contributed by atoms with Gasteiger partial charge >= 0.3 is 6.03 Å². The molecular weight excluding hydrogens is 318 g/mol. The van der Waals surface area contributed by atoms with Crippen LogP contribution >= 0.6 is 11.6 Å². The summed E-state index contributed by atoms with van der Waals surface area (Å²) in [5.74, 6) is 0. The van der Waals surface area contributed by atoms with Crippen LogP contribution in [0.1, 0.15) is 20.8 Å². The molecule has 7 heteroatoms. The smallest absolute Gasteiger partial charge is 0.319 e. The third kappa shape index (κ3) is 4.99. The molecule has 3 N–H and O–H groups in total. The van der Waals surface area contributed by atoms with E-state index in [0.717, 1.165) is 18.8 Å². The van der Waals surface area contributed by atoms with Crippen LogP contribution in [0.5, 0.6) is 0 Å². The van der Waals surface area contributed by atoms with Gasteiger partial charge in [-0.15, -0.1) is 0 Å². The minimum Gasteiger partial charge on any atom is -0.388 e. The lowest BCUT2D eigenvalue weighted by molar-refractivity contribution is 0.0486. The van der Waals surface area contributed by atoms with E-state index in [1.54, 1.807) is 32.9 Å². The van der Waals surface area contributed by atoms with Crippen LogP contribution in [0.15, 0.2) is 18.2 Å². The highest BCUT2D eigenvalue weighted by atomic mass is 35.5. The van der Waals surface area contributed by atoms with Crippen LogP contribution in [0.3, 0.4) is 0 Å². The Kier molecular flexibility index (Phi) is 5.73. The number of halogens is 1. The summed E-state index contributed by atoms with van der Waals surface area (Å²) in [5.41, 5.74) is 0.544. The summed E-state index contributed by atoms with van der Waals surface area (Å²) in [6.45, 7) is 7.89. The number of morpholine rings is 1. The van der Waals surface area contributed by atoms with Gasteiger partial charge in [0.05, 0.1) is 36.2 Å². The van der Waals surface area contributed by atoms with Crippen molar-refractivity contribution in [3.8, 4) is 0 Å². The van der Waals surface area contributed by atoms with Gasteiger partial charge < -0.3 is 25.4 Å². The molecule has 1 fully saturated rings. The van der Waals surface area contributed by atoms with Crippen LogP contribution in [-0.4, -0.2) is 49.1 Å². The first-order chi connectivity index (χ1) is 10.8. The lowest BCUT2D eigenvalue weighted by Crippen LogP contribution is -2.48. The van der Waals surface area contributed by atoms with Crippen molar-refractivity contribution in [2.75, 3.05) is 36.5 Å². The fourth-order valence-electron chi connectivity index (χ4n) is 2.22. The molecule has 6 nitrogen and oxygen atoms in total. The Hall–Kier alpha value is -1.50. The number of aliphatic hydroxyl groups is 1. The van der Waals surface area contributed by atoms with Crippen LogP contribution in [0.4, 0.5) is 16.2 Å². The van der Waals surface area contributed by atoms with Gasteiger partial charge in [-0.25, -0.2) is 4.79 Å². The second-order valence-electron chi connectivity index (χ2n) is 6.23. The second kappa shape index (κ2) is 7.38. The molecule has 2 amide bonds. The number of ether oxygens (including phenoxy) is 1. The first kappa shape index (κ1) is 17.8. The molecule has 0 aliphatic carbocycles. The van der Waals surface area contributed by atoms with E-state index < -0.39 is 11.6 Å². The highest BCUT2D eigenvalue weighted by Crippen LogP contribution is 2.29. The molecule has 1 aliphatic rings. The molecule has 0 radical (unpaired) electrons. The Morgan fingerprint density at radius 1 is 1.39 bits per heavy atom. The molecule has 2 rings (SSSR count). The summed E-state index contributed by atoms with van der Waals surface area (Å²) < 4.78 is 5.36. The first-order valence-corrected chi connectivity index (χ1v) is 8.07. The largest absolute Gasteiger partial charge is 0.388 e. The normalized spacial score (nSPS) is 16.8. The van der Waals surface area contributed by atoms with E-state index in [1.807, 2.05) is 6.07 Å². The van der Waals surface area contributed by atoms with Gasteiger partial charge in [-0.1, -0.05) is 11.6 Å². The molecule has 0 spiro atoms. The van der Waals surface area contributed by atoms with E-state index in [0.29, 0.717) is 23.9 Å². The van der Waals surface area contributed by atoms with Crippen molar-refractivity contribution < 1.29 is 14.6 Å². The van der Waals surface area contributed by atoms with Crippen LogP contribution in [0.25, 0.3) is 0 Å². The molecule has 1 aromatic carbocycles. The van der Waals surface area contributed by atoms with Crippen molar-refractivity contribution in [1.82, 2.24) is 5.32 Å². The van der Waals surface area contributed by atoms with Gasteiger partial charge in [-0.05, 0) is 39.0 Å². The van der Waals surface area contributed by atoms with Gasteiger partial charge in [0, 0.05) is 18.1 Å². The predicted octanol–water partition coefficient (Wildman–Crippen LogP) is 2.46. The third-order valence-electron chi connectivity index (χ3n) is 3.97. The van der Waals surface area contributed by atoms with Crippen molar-refractivity contribution in [3.63, 3.8) is 0 Å². The number of carbonyl (C=O) groups excluding carboxylic acids is 1. The van der Waals surface area contributed by atoms with E-state index in [-0.39, 0.29) is 6.03 Å². The second-order valence-corrected chi connectivity index (χ2v) is 6.67. The SMILES string of the molecule is C[C@H](NC(=O)Nc1cc(Cl)ccc1N1CCOCC1)C(C)(C)O. The molecule has 1 saturated heterocycles. The lowest BCUT2D eigenvalue weighted by atomic mass is 10.0. The van der Waals surface area contributed by atoms with E-state index >= 15 is 0 Å². The zero-order chi connectivity index (χ0) is 17.0. The standard InChI is InChI=1S/C16H24ClN3O3/c1-11(16(2,3)22)18-15(21)19-13-10-12(17)4-5-14(13)20-6-8-23-9-7-20/h4-5,10-11,22H,6-9H2,1-3H3,(H2,18,19,21)/t11-/m0/s1. The van der Waals surface area contributed by atoms with E-state index in [9.17, 15) is 9.90 Å². The maximum Gasteiger partial charge on any atom is 0.319 e. The van der Waals surface area contributed by atoms with Gasteiger partial charge in [-0.2, -0.15) is 0 Å². The molecule has 128 valence electrons. The summed E-state index contributed by atoms with van der Waals surface area (Å²) in [5, 5.41) is 16.0. The van der Waals surface area contributed by atoms with E-state index in [1.165, 1.54) is 0 Å². The average Bonchev–Trinajstić information content (AvgIpc) is 2.47. The number of hydrogen-bond acceptors (Lipinski definition) is 4. The molecule has 1 heterocycles. The predicted molar refractivity (Wildman–Crippen MR) is 92.4 cm³/mol. The number of anilines is 2. The van der Waals surface area contributed by atoms with Gasteiger partial charge in [0.1, 0.15) is 0 Å². The van der Waals surface area contributed by atoms with E-state index in [2.05, 4.69) is 15.5 Å². The molecule has 0 saturated carbocycles. The molecule has 1 atom stereocenters. The maximum absolute atomic E-state index is 12.2. The molecule has 1 aliphatic heterocycles. The van der Waals surface area contributed by atoms with Crippen LogP contribution < -0.4 is 15.5 Å². The van der Waals surface area contributed by atoms with Crippen molar-refractivity contribution in [1.29, 1.82) is 0 Å². The molecule has 0 aromatic heterocycles. The number of urea groups is 1. The van der Waals surface area contributed by atoms with Crippen LogP contribution in [0.2, 0.25) is 5.02 Å². The number of rotatable bonds is 4. The van der Waals surface area contributed by atoms with Gasteiger partial charge in [0.2, 0.25) is 0 Å². The number of nitrogens with one attached hydrogen (secondary N) is 2. The molecule has 23 heavy (non-hydrogen) atoms. The minimum atomic E-state index is -1.00. The fraction of sp³-hybridized carbons (Fsp3) is 0.562. The minimum absolute atomic E-state index is 0.378. The number of carbonyl (C=O) groups is 1. The summed E-state index contributed by atoms with van der Waals surface area (Å²) in [7, 11) is 0. The Balaban J connectivity index is 2.11. The van der Waals surface area contributed by atoms with Crippen molar-refractivity contribution in [3.05, 3.63) is 23.2 Å². The Labute approximate surface area is 141 Å². The van der Waals surface area contributed by atoms with Gasteiger partial charge in [0.25, 0.3) is 0 Å². The highest BCUT2D eigenvalue weighted by Gasteiger charge is 2.24. The average molecular weight is 342 g/mol. The molecule has 0 bridgehead atoms. The Morgan fingerprint density at radius 2 is 2.04 bits per heavy atom. The van der Waals surface area contributed by atoms with Gasteiger partial charge in [-0.3, -0.25) is 0 Å². The zero-order valence-corrected chi connectivity index (χ0v) is 14.5. The van der Waals surface area contributed by atoms with Crippen molar-refractivity contribution >= 4 is 29.0 Å². The molecule has 1 aromatic rings. The fourth-order valence-corrected chi connectivity index (χ4v) is 2.39. The number of hydrogen-bond donors (Lipinski definition) is 3. The summed E-state index contributed by atoms with van der Waals surface area (Å²) in [6.07, 6.45) is 0. The third-order valence-corrected chi connectivity index (χ3v) is 4.20. The number of amides is 2. The van der Waals surface area contributed by atoms with Gasteiger partial charge in [0.15, 0.2) is 0 Å². The number of benzene rings is 1. The summed E-state index contributed by atoms with van der Waals surface area (Å²) in [4.78, 5) is 14.3. The lowest BCUT2D eigenvalue weighted by Gasteiger charge is -2.31. The van der Waals surface area contributed by atoms with Crippen LogP contribution in [-0.2, 0) is 4.74 Å². The monoisotopic (exact) mass is 341 g/mol. The van der Waals surface area contributed by atoms with Crippen molar-refractivity contribution in [2.24, 2.45) is 0 Å². The Morgan fingerprint density at radius 3 is 2.65 bits per heavy atom. The molecular formula is C16H24ClN3O3. The number of nitrogens with zero attached hydrogens (tertiary/aromatic N) is 1. The molecule has 0 unspecified atom stereocenters. The topological polar surface area (TPSA) is 73.8 Å². The maximum atomic E-state index is 12.2. The summed E-state index contributed by atoms with van der Waals surface area (Å²) in [6, 6.07) is 4.64.